The van der Waals surface area contributed by atoms with Gasteiger partial charge < -0.3 is 5.32 Å². The van der Waals surface area contributed by atoms with Crippen LogP contribution in [0.5, 0.6) is 0 Å². The Balaban J connectivity index is 1.82. The van der Waals surface area contributed by atoms with E-state index in [2.05, 4.69) is 11.4 Å². The number of rotatable bonds is 6. The van der Waals surface area contributed by atoms with E-state index >= 15 is 0 Å². The number of benzene rings is 3. The quantitative estimate of drug-likeness (QED) is 0.484. The molecule has 7 heteroatoms. The van der Waals surface area contributed by atoms with E-state index in [1.165, 1.54) is 0 Å². The van der Waals surface area contributed by atoms with E-state index in [0.717, 1.165) is 32.2 Å². The molecule has 6 nitrogen and oxygen atoms in total. The molecule has 0 fully saturated rings. The topological polar surface area (TPSA) is 97.1 Å². The van der Waals surface area contributed by atoms with Gasteiger partial charge in [-0.05, 0) is 56.0 Å². The summed E-state index contributed by atoms with van der Waals surface area (Å²) in [4.78, 5) is 0.106. The number of nitrogens with zero attached hydrogens (tertiary/aromatic N) is 2. The van der Waals surface area contributed by atoms with Crippen molar-refractivity contribution in [1.82, 2.24) is 4.31 Å². The van der Waals surface area contributed by atoms with Crippen molar-refractivity contribution in [3.05, 3.63) is 106 Å². The van der Waals surface area contributed by atoms with Crippen molar-refractivity contribution in [3.8, 4) is 6.07 Å². The van der Waals surface area contributed by atoms with Gasteiger partial charge in [-0.1, -0.05) is 66.2 Å². The van der Waals surface area contributed by atoms with Crippen molar-refractivity contribution >= 4 is 21.5 Å². The summed E-state index contributed by atoms with van der Waals surface area (Å²) in [7, 11) is -4.06. The normalized spacial score (nSPS) is 16.2. The molecule has 4 rings (SSSR count). The third-order valence-corrected chi connectivity index (χ3v) is 8.16. The molecule has 2 N–H and O–H groups in total. The second-order valence-electron chi connectivity index (χ2n) is 8.87. The van der Waals surface area contributed by atoms with Crippen LogP contribution in [0.15, 0.2) is 89.0 Å². The molecule has 0 aromatic heterocycles. The zero-order valence-electron chi connectivity index (χ0n) is 20.0. The van der Waals surface area contributed by atoms with Gasteiger partial charge in [0, 0.05) is 17.8 Å². The highest BCUT2D eigenvalue weighted by atomic mass is 32.2. The number of anilines is 1. The van der Waals surface area contributed by atoms with Gasteiger partial charge in [0.2, 0.25) is 0 Å². The van der Waals surface area contributed by atoms with Gasteiger partial charge in [0.15, 0.2) is 5.84 Å². The molecule has 1 aliphatic heterocycles. The maximum absolute atomic E-state index is 13.8. The smallest absolute Gasteiger partial charge is 0.265 e. The molecule has 1 aliphatic rings. The van der Waals surface area contributed by atoms with Crippen molar-refractivity contribution in [2.24, 2.45) is 0 Å². The molecule has 0 radical (unpaired) electrons. The molecular weight excluding hydrogens is 456 g/mol. The lowest BCUT2D eigenvalue weighted by Gasteiger charge is -2.38. The molecule has 0 spiro atoms. The molecular formula is C28H28N4O2S. The van der Waals surface area contributed by atoms with Crippen LogP contribution in [-0.2, 0) is 16.4 Å². The van der Waals surface area contributed by atoms with E-state index in [0.29, 0.717) is 12.1 Å². The number of nitrogens with one attached hydrogen (secondary N) is 2. The minimum atomic E-state index is -4.06. The fraction of sp³-hybridized carbons (Fsp3) is 0.214. The summed E-state index contributed by atoms with van der Waals surface area (Å²) in [5.74, 6) is -0.311. The number of aryl methyl sites for hydroxylation is 3. The second-order valence-corrected chi connectivity index (χ2v) is 10.7. The highest BCUT2D eigenvalue weighted by molar-refractivity contribution is 7.89. The van der Waals surface area contributed by atoms with Gasteiger partial charge in [-0.15, -0.1) is 0 Å². The number of nitriles is 1. The van der Waals surface area contributed by atoms with E-state index in [9.17, 15) is 13.7 Å². The lowest BCUT2D eigenvalue weighted by Crippen LogP contribution is -2.49. The highest BCUT2D eigenvalue weighted by Gasteiger charge is 2.40. The fourth-order valence-corrected chi connectivity index (χ4v) is 6.01. The third-order valence-electron chi connectivity index (χ3n) is 6.29. The first kappa shape index (κ1) is 24.2. The van der Waals surface area contributed by atoms with Crippen LogP contribution in [-0.4, -0.2) is 24.6 Å². The predicted molar refractivity (Wildman–Crippen MR) is 139 cm³/mol. The van der Waals surface area contributed by atoms with Gasteiger partial charge in [0.05, 0.1) is 10.9 Å². The Hall–Kier alpha value is -3.89. The van der Waals surface area contributed by atoms with Crippen molar-refractivity contribution < 1.29 is 8.42 Å². The fourth-order valence-electron chi connectivity index (χ4n) is 4.43. The lowest BCUT2D eigenvalue weighted by molar-refractivity contribution is 0.408. The number of para-hydroxylation sites is 1. The van der Waals surface area contributed by atoms with Crippen LogP contribution in [0, 0.1) is 37.5 Å². The van der Waals surface area contributed by atoms with Crippen LogP contribution < -0.4 is 5.32 Å². The molecule has 0 saturated heterocycles. The number of hydrogen-bond acceptors (Lipinski definition) is 5. The SMILES string of the molecule is Cc1ccc(S(=O)(=O)N2C(=N)C(C#N)=C(Nc3c(C)cccc3C)CC2Cc2ccccc2)cc1. The van der Waals surface area contributed by atoms with Crippen LogP contribution in [0.4, 0.5) is 5.69 Å². The maximum atomic E-state index is 13.8. The monoisotopic (exact) mass is 484 g/mol. The summed E-state index contributed by atoms with van der Waals surface area (Å²) in [6.07, 6.45) is 0.685. The lowest BCUT2D eigenvalue weighted by atomic mass is 9.95. The molecule has 0 aliphatic carbocycles. The largest absolute Gasteiger partial charge is 0.357 e. The summed E-state index contributed by atoms with van der Waals surface area (Å²) in [6, 6.07) is 23.7. The molecule has 1 unspecified atom stereocenters. The summed E-state index contributed by atoms with van der Waals surface area (Å²) in [6.45, 7) is 5.84. The van der Waals surface area contributed by atoms with Crippen LogP contribution in [0.3, 0.4) is 0 Å². The average molecular weight is 485 g/mol. The standard InChI is InChI=1S/C28H28N4O2S/c1-19-12-14-24(15-13-19)35(33,34)32-23(16-22-10-5-4-6-11-22)17-26(25(18-29)28(32)30)31-27-20(2)8-7-9-21(27)3/h4-15,23,30-31H,16-17H2,1-3H3. The summed E-state index contributed by atoms with van der Waals surface area (Å²) < 4.78 is 28.7. The van der Waals surface area contributed by atoms with E-state index in [4.69, 9.17) is 5.41 Å². The van der Waals surface area contributed by atoms with Crippen molar-refractivity contribution in [2.45, 2.75) is 44.6 Å². The average Bonchev–Trinajstić information content (AvgIpc) is 2.82. The first-order chi connectivity index (χ1) is 16.7. The summed E-state index contributed by atoms with van der Waals surface area (Å²) in [5.41, 5.74) is 5.39. The molecule has 0 bridgehead atoms. The highest BCUT2D eigenvalue weighted by Crippen LogP contribution is 2.34. The summed E-state index contributed by atoms with van der Waals surface area (Å²) >= 11 is 0. The molecule has 1 atom stereocenters. The van der Waals surface area contributed by atoms with E-state index < -0.39 is 16.1 Å². The van der Waals surface area contributed by atoms with Gasteiger partial charge >= 0.3 is 0 Å². The van der Waals surface area contributed by atoms with Crippen LogP contribution in [0.25, 0.3) is 0 Å². The first-order valence-electron chi connectivity index (χ1n) is 11.4. The Morgan fingerprint density at radius 1 is 0.971 bits per heavy atom. The van der Waals surface area contributed by atoms with Crippen LogP contribution in [0.2, 0.25) is 0 Å². The van der Waals surface area contributed by atoms with Gasteiger partial charge in [-0.2, -0.15) is 5.26 Å². The zero-order valence-corrected chi connectivity index (χ0v) is 20.9. The minimum absolute atomic E-state index is 0.0349. The Labute approximate surface area is 207 Å². The van der Waals surface area contributed by atoms with Crippen molar-refractivity contribution in [2.75, 3.05) is 5.32 Å². The number of hydrogen-bond donors (Lipinski definition) is 2. The molecule has 1 heterocycles. The van der Waals surface area contributed by atoms with E-state index in [1.54, 1.807) is 24.3 Å². The minimum Gasteiger partial charge on any atom is -0.357 e. The Bertz CT molecular complexity index is 1420. The van der Waals surface area contributed by atoms with Crippen molar-refractivity contribution in [3.63, 3.8) is 0 Å². The second kappa shape index (κ2) is 9.77. The van der Waals surface area contributed by atoms with Gasteiger partial charge in [-0.3, -0.25) is 5.41 Å². The number of sulfonamides is 1. The van der Waals surface area contributed by atoms with Crippen molar-refractivity contribution in [1.29, 1.82) is 10.7 Å². The predicted octanol–water partition coefficient (Wildman–Crippen LogP) is 5.48. The zero-order chi connectivity index (χ0) is 25.2. The molecule has 0 amide bonds. The number of amidine groups is 1. The molecule has 178 valence electrons. The van der Waals surface area contributed by atoms with E-state index in [-0.39, 0.29) is 22.7 Å². The molecule has 0 saturated carbocycles. The Morgan fingerprint density at radius 3 is 2.20 bits per heavy atom. The Morgan fingerprint density at radius 2 is 1.60 bits per heavy atom. The third kappa shape index (κ3) is 4.84. The summed E-state index contributed by atoms with van der Waals surface area (Å²) in [5, 5.41) is 22.3. The molecule has 3 aromatic carbocycles. The van der Waals surface area contributed by atoms with Crippen LogP contribution >= 0.6 is 0 Å². The van der Waals surface area contributed by atoms with Gasteiger partial charge in [0.25, 0.3) is 10.0 Å². The maximum Gasteiger partial charge on any atom is 0.265 e. The first-order valence-corrected chi connectivity index (χ1v) is 12.9. The Kier molecular flexibility index (Phi) is 6.77. The molecule has 35 heavy (non-hydrogen) atoms. The van der Waals surface area contributed by atoms with E-state index in [1.807, 2.05) is 69.3 Å². The van der Waals surface area contributed by atoms with Gasteiger partial charge in [-0.25, -0.2) is 12.7 Å². The van der Waals surface area contributed by atoms with Gasteiger partial charge in [0.1, 0.15) is 11.6 Å². The molecule has 3 aromatic rings. The van der Waals surface area contributed by atoms with Crippen LogP contribution in [0.1, 0.15) is 28.7 Å².